The van der Waals surface area contributed by atoms with E-state index < -0.39 is 6.04 Å². The number of fused-ring (bicyclic) bond motifs is 1. The molecule has 2 aliphatic rings. The highest BCUT2D eigenvalue weighted by Gasteiger charge is 2.29. The van der Waals surface area contributed by atoms with Gasteiger partial charge in [0.1, 0.15) is 5.82 Å². The van der Waals surface area contributed by atoms with Crippen LogP contribution in [-0.2, 0) is 4.79 Å². The summed E-state index contributed by atoms with van der Waals surface area (Å²) in [6.07, 6.45) is 4.32. The van der Waals surface area contributed by atoms with Crippen LogP contribution in [0.3, 0.4) is 0 Å². The zero-order chi connectivity index (χ0) is 27.5. The van der Waals surface area contributed by atoms with Gasteiger partial charge in [-0.15, -0.1) is 0 Å². The number of aryl methyl sites for hydroxylation is 2. The van der Waals surface area contributed by atoms with Gasteiger partial charge in [0.05, 0.1) is 29.7 Å². The van der Waals surface area contributed by atoms with Crippen LogP contribution in [0, 0.1) is 13.8 Å². The highest BCUT2D eigenvalue weighted by atomic mass is 16.3. The van der Waals surface area contributed by atoms with Crippen LogP contribution in [0.25, 0.3) is 11.0 Å². The Bertz CT molecular complexity index is 1380. The summed E-state index contributed by atoms with van der Waals surface area (Å²) in [5.41, 5.74) is 4.59. The molecule has 0 aliphatic carbocycles. The van der Waals surface area contributed by atoms with Crippen molar-refractivity contribution in [2.24, 2.45) is 0 Å². The number of hydrogen-bond donors (Lipinski definition) is 3. The highest BCUT2D eigenvalue weighted by molar-refractivity contribution is 5.99. The number of aliphatic hydroxyl groups is 1. The molecule has 0 spiro atoms. The summed E-state index contributed by atoms with van der Waals surface area (Å²) in [4.78, 5) is 51.0. The van der Waals surface area contributed by atoms with E-state index in [1.807, 2.05) is 36.9 Å². The van der Waals surface area contributed by atoms with Crippen LogP contribution in [-0.4, -0.2) is 74.9 Å². The number of H-pyrrole nitrogens is 1. The number of carbonyl (C=O) groups excluding carboxylic acids is 3. The Morgan fingerprint density at radius 1 is 1.08 bits per heavy atom. The molecular formula is C30H37N5O4. The van der Waals surface area contributed by atoms with E-state index in [1.54, 1.807) is 23.1 Å². The van der Waals surface area contributed by atoms with Gasteiger partial charge in [-0.2, -0.15) is 0 Å². The standard InChI is InChI=1S/C30H37N5O4/c1-19-7-10-24-26(16-19)32-28(31-24)25(11-12-27(37)35-15-5-6-22(35)18-36)33-29(38)21-8-9-23(20(2)17-21)30(39)34-13-3-4-14-34/h7-10,16-17,22,25,36H,3-6,11-15,18H2,1-2H3,(H,31,32)(H,33,38)/t22-,25?/m1/s1. The number of rotatable bonds is 8. The number of aromatic nitrogens is 2. The summed E-state index contributed by atoms with van der Waals surface area (Å²) in [7, 11) is 0. The Kier molecular flexibility index (Phi) is 7.97. The first-order valence-corrected chi connectivity index (χ1v) is 13.9. The second-order valence-electron chi connectivity index (χ2n) is 10.8. The van der Waals surface area contributed by atoms with Crippen LogP contribution in [0.15, 0.2) is 36.4 Å². The van der Waals surface area contributed by atoms with Gasteiger partial charge in [-0.05, 0) is 87.4 Å². The van der Waals surface area contributed by atoms with Gasteiger partial charge >= 0.3 is 0 Å². The molecule has 3 aromatic rings. The van der Waals surface area contributed by atoms with Gasteiger partial charge in [0.2, 0.25) is 5.91 Å². The monoisotopic (exact) mass is 531 g/mol. The number of aliphatic hydroxyl groups excluding tert-OH is 1. The fourth-order valence-electron chi connectivity index (χ4n) is 5.73. The van der Waals surface area contributed by atoms with Gasteiger partial charge in [-0.1, -0.05) is 6.07 Å². The number of carbonyl (C=O) groups is 3. The third-order valence-corrected chi connectivity index (χ3v) is 7.96. The third-order valence-electron chi connectivity index (χ3n) is 7.96. The van der Waals surface area contributed by atoms with Gasteiger partial charge in [0, 0.05) is 37.2 Å². The summed E-state index contributed by atoms with van der Waals surface area (Å²) < 4.78 is 0. The van der Waals surface area contributed by atoms with E-state index in [0.29, 0.717) is 29.9 Å². The van der Waals surface area contributed by atoms with Crippen molar-refractivity contribution < 1.29 is 19.5 Å². The number of nitrogens with one attached hydrogen (secondary N) is 2. The molecule has 3 heterocycles. The van der Waals surface area contributed by atoms with Crippen LogP contribution in [0.4, 0.5) is 0 Å². The lowest BCUT2D eigenvalue weighted by molar-refractivity contribution is -0.132. The Labute approximate surface area is 228 Å². The Hall–Kier alpha value is -3.72. The van der Waals surface area contributed by atoms with Crippen molar-refractivity contribution in [3.05, 3.63) is 64.5 Å². The van der Waals surface area contributed by atoms with Crippen molar-refractivity contribution in [3.8, 4) is 0 Å². The molecule has 2 fully saturated rings. The van der Waals surface area contributed by atoms with Gasteiger partial charge in [0.25, 0.3) is 11.8 Å². The summed E-state index contributed by atoms with van der Waals surface area (Å²) in [6, 6.07) is 10.4. The van der Waals surface area contributed by atoms with Crippen LogP contribution in [0.5, 0.6) is 0 Å². The average Bonchev–Trinajstić information content (AvgIpc) is 3.70. The van der Waals surface area contributed by atoms with E-state index in [2.05, 4.69) is 10.3 Å². The Morgan fingerprint density at radius 2 is 1.87 bits per heavy atom. The Morgan fingerprint density at radius 3 is 2.62 bits per heavy atom. The molecule has 2 aromatic carbocycles. The molecule has 1 aromatic heterocycles. The van der Waals surface area contributed by atoms with Gasteiger partial charge < -0.3 is 25.2 Å². The van der Waals surface area contributed by atoms with Crippen LogP contribution < -0.4 is 5.32 Å². The zero-order valence-corrected chi connectivity index (χ0v) is 22.7. The van der Waals surface area contributed by atoms with E-state index in [1.165, 1.54) is 0 Å². The molecule has 206 valence electrons. The smallest absolute Gasteiger partial charge is 0.254 e. The van der Waals surface area contributed by atoms with Crippen molar-refractivity contribution >= 4 is 28.8 Å². The molecule has 0 radical (unpaired) electrons. The number of benzene rings is 2. The highest BCUT2D eigenvalue weighted by Crippen LogP contribution is 2.25. The zero-order valence-electron chi connectivity index (χ0n) is 22.7. The lowest BCUT2D eigenvalue weighted by Gasteiger charge is -2.24. The fourth-order valence-corrected chi connectivity index (χ4v) is 5.73. The lowest BCUT2D eigenvalue weighted by atomic mass is 10.0. The summed E-state index contributed by atoms with van der Waals surface area (Å²) in [5.74, 6) is 0.281. The predicted octanol–water partition coefficient (Wildman–Crippen LogP) is 3.65. The number of aromatic amines is 1. The van der Waals surface area contributed by atoms with Gasteiger partial charge in [-0.3, -0.25) is 14.4 Å². The van der Waals surface area contributed by atoms with Crippen LogP contribution in [0.2, 0.25) is 0 Å². The SMILES string of the molecule is Cc1ccc2nc(C(CCC(=O)N3CCC[C@@H]3CO)NC(=O)c3ccc(C(=O)N4CCCC4)c(C)c3)[nH]c2c1. The molecule has 2 aliphatic heterocycles. The number of nitrogens with zero attached hydrogens (tertiary/aromatic N) is 3. The fraction of sp³-hybridized carbons (Fsp3) is 0.467. The lowest BCUT2D eigenvalue weighted by Crippen LogP contribution is -2.38. The van der Waals surface area contributed by atoms with Crippen molar-refractivity contribution in [3.63, 3.8) is 0 Å². The third kappa shape index (κ3) is 5.83. The molecule has 1 unspecified atom stereocenters. The van der Waals surface area contributed by atoms with E-state index in [4.69, 9.17) is 4.98 Å². The molecule has 3 N–H and O–H groups in total. The molecular weight excluding hydrogens is 494 g/mol. The molecule has 39 heavy (non-hydrogen) atoms. The van der Waals surface area contributed by atoms with Crippen molar-refractivity contribution in [1.82, 2.24) is 25.1 Å². The molecule has 5 rings (SSSR count). The molecule has 3 amide bonds. The number of hydrogen-bond acceptors (Lipinski definition) is 5. The molecule has 2 atom stereocenters. The summed E-state index contributed by atoms with van der Waals surface area (Å²) >= 11 is 0. The summed E-state index contributed by atoms with van der Waals surface area (Å²) in [5, 5.41) is 12.7. The Balaban J connectivity index is 1.35. The first-order valence-electron chi connectivity index (χ1n) is 13.9. The van der Waals surface area contributed by atoms with E-state index in [-0.39, 0.29) is 36.8 Å². The molecule has 9 nitrogen and oxygen atoms in total. The van der Waals surface area contributed by atoms with Crippen LogP contribution in [0.1, 0.15) is 82.2 Å². The second-order valence-corrected chi connectivity index (χ2v) is 10.8. The maximum Gasteiger partial charge on any atom is 0.254 e. The van der Waals surface area contributed by atoms with E-state index in [9.17, 15) is 19.5 Å². The summed E-state index contributed by atoms with van der Waals surface area (Å²) in [6.45, 7) is 6.01. The molecule has 2 saturated heterocycles. The normalized spacial score (nSPS) is 18.1. The van der Waals surface area contributed by atoms with Gasteiger partial charge in [-0.25, -0.2) is 4.98 Å². The minimum absolute atomic E-state index is 0.00834. The largest absolute Gasteiger partial charge is 0.394 e. The maximum atomic E-state index is 13.4. The average molecular weight is 532 g/mol. The maximum absolute atomic E-state index is 13.4. The molecule has 9 heteroatoms. The first kappa shape index (κ1) is 26.9. The topological polar surface area (TPSA) is 119 Å². The van der Waals surface area contributed by atoms with Gasteiger partial charge in [0.15, 0.2) is 0 Å². The van der Waals surface area contributed by atoms with E-state index in [0.717, 1.165) is 60.9 Å². The van der Waals surface area contributed by atoms with Crippen molar-refractivity contribution in [2.45, 2.75) is 64.5 Å². The molecule has 0 bridgehead atoms. The van der Waals surface area contributed by atoms with Crippen molar-refractivity contribution in [1.29, 1.82) is 0 Å². The number of imidazole rings is 1. The van der Waals surface area contributed by atoms with Crippen LogP contribution >= 0.6 is 0 Å². The van der Waals surface area contributed by atoms with Crippen molar-refractivity contribution in [2.75, 3.05) is 26.2 Å². The minimum atomic E-state index is -0.518. The second kappa shape index (κ2) is 11.6. The van der Waals surface area contributed by atoms with E-state index >= 15 is 0 Å². The first-order chi connectivity index (χ1) is 18.8. The quantitative estimate of drug-likeness (QED) is 0.410. The predicted molar refractivity (Wildman–Crippen MR) is 148 cm³/mol. The minimum Gasteiger partial charge on any atom is -0.394 e. The number of amides is 3. The molecule has 0 saturated carbocycles. The number of likely N-dealkylation sites (tertiary alicyclic amines) is 2.